The molecule has 0 nitrogen and oxygen atoms in total. The summed E-state index contributed by atoms with van der Waals surface area (Å²) in [6.45, 7) is 0. The lowest BCUT2D eigenvalue weighted by molar-refractivity contribution is 0.865. The van der Waals surface area contributed by atoms with Gasteiger partial charge in [0.25, 0.3) is 0 Å². The van der Waals surface area contributed by atoms with Crippen molar-refractivity contribution in [2.45, 2.75) is 21.3 Å². The second kappa shape index (κ2) is 10.9. The van der Waals surface area contributed by atoms with Crippen molar-refractivity contribution in [3.63, 3.8) is 0 Å². The average Bonchev–Trinajstić information content (AvgIpc) is 2.82. The summed E-state index contributed by atoms with van der Waals surface area (Å²) in [5.41, 5.74) is 4.78. The predicted molar refractivity (Wildman–Crippen MR) is 136 cm³/mol. The summed E-state index contributed by atoms with van der Waals surface area (Å²) in [5.74, 6) is 0.0880. The predicted octanol–water partition coefficient (Wildman–Crippen LogP) is 8.51. The normalized spacial score (nSPS) is 13.3. The highest BCUT2D eigenvalue weighted by atomic mass is 35.5. The molecule has 0 fully saturated rings. The number of rotatable bonds is 8. The summed E-state index contributed by atoms with van der Waals surface area (Å²) < 4.78 is -0.440. The average molecular weight is 463 g/mol. The molecule has 3 heteroatoms. The van der Waals surface area contributed by atoms with Crippen molar-refractivity contribution in [1.29, 1.82) is 0 Å². The molecular weight excluding hydrogens is 439 g/mol. The van der Waals surface area contributed by atoms with Gasteiger partial charge in [-0.2, -0.15) is 0 Å². The van der Waals surface area contributed by atoms with Gasteiger partial charge in [-0.15, -0.1) is 35.0 Å². The van der Waals surface area contributed by atoms with E-state index in [0.29, 0.717) is 0 Å². The topological polar surface area (TPSA) is 0 Å². The van der Waals surface area contributed by atoms with Gasteiger partial charge >= 0.3 is 0 Å². The van der Waals surface area contributed by atoms with Crippen LogP contribution in [-0.4, -0.2) is 9.42 Å². The molecule has 0 spiro atoms. The standard InChI is InChI=1S/C28H24Cl2S/c29-27(25(21-13-5-1-6-14-21)22-15-7-2-8-16-22)31-28(30)26(23-17-9-3-10-18-23)24-19-11-4-12-20-24/h1-20,25-28H. The van der Waals surface area contributed by atoms with E-state index in [4.69, 9.17) is 23.2 Å². The van der Waals surface area contributed by atoms with E-state index in [-0.39, 0.29) is 21.3 Å². The van der Waals surface area contributed by atoms with Crippen molar-refractivity contribution < 1.29 is 0 Å². The summed E-state index contributed by atoms with van der Waals surface area (Å²) in [6, 6.07) is 41.8. The zero-order chi connectivity index (χ0) is 21.5. The van der Waals surface area contributed by atoms with E-state index >= 15 is 0 Å². The van der Waals surface area contributed by atoms with Crippen LogP contribution in [0.4, 0.5) is 0 Å². The SMILES string of the molecule is ClC(SC(Cl)C(c1ccccc1)c1ccccc1)C(c1ccccc1)c1ccccc1. The van der Waals surface area contributed by atoms with Crippen LogP contribution in [-0.2, 0) is 0 Å². The van der Waals surface area contributed by atoms with Crippen LogP contribution in [0, 0.1) is 0 Å². The van der Waals surface area contributed by atoms with Gasteiger partial charge in [0.15, 0.2) is 0 Å². The van der Waals surface area contributed by atoms with Crippen molar-refractivity contribution in [3.05, 3.63) is 144 Å². The largest absolute Gasteiger partial charge is 0.121 e. The number of thioether (sulfide) groups is 1. The number of hydrogen-bond donors (Lipinski definition) is 0. The van der Waals surface area contributed by atoms with Crippen LogP contribution < -0.4 is 0 Å². The molecule has 0 aliphatic rings. The third kappa shape index (κ3) is 5.54. The minimum absolute atomic E-state index is 0.0440. The van der Waals surface area contributed by atoms with Crippen LogP contribution in [0.5, 0.6) is 0 Å². The van der Waals surface area contributed by atoms with Gasteiger partial charge in [-0.3, -0.25) is 0 Å². The third-order valence-electron chi connectivity index (χ3n) is 5.42. The number of halogens is 2. The molecule has 4 aromatic rings. The van der Waals surface area contributed by atoms with Crippen LogP contribution in [0.15, 0.2) is 121 Å². The zero-order valence-corrected chi connectivity index (χ0v) is 19.3. The van der Waals surface area contributed by atoms with Gasteiger partial charge in [0.2, 0.25) is 0 Å². The molecule has 0 amide bonds. The van der Waals surface area contributed by atoms with E-state index in [0.717, 1.165) is 0 Å². The van der Waals surface area contributed by atoms with E-state index in [9.17, 15) is 0 Å². The summed E-state index contributed by atoms with van der Waals surface area (Å²) in [5, 5.41) is 0. The molecule has 0 saturated heterocycles. The Morgan fingerprint density at radius 3 is 0.839 bits per heavy atom. The number of hydrogen-bond acceptors (Lipinski definition) is 1. The maximum Gasteiger partial charge on any atom is 0.0912 e. The molecule has 0 bridgehead atoms. The van der Waals surface area contributed by atoms with Gasteiger partial charge in [0.05, 0.1) is 9.42 Å². The molecule has 4 aromatic carbocycles. The molecule has 0 saturated carbocycles. The molecule has 0 heterocycles. The van der Waals surface area contributed by atoms with E-state index < -0.39 is 0 Å². The minimum atomic E-state index is -0.220. The Kier molecular flexibility index (Phi) is 7.75. The van der Waals surface area contributed by atoms with Gasteiger partial charge in [-0.1, -0.05) is 121 Å². The van der Waals surface area contributed by atoms with Gasteiger partial charge in [0.1, 0.15) is 0 Å². The van der Waals surface area contributed by atoms with Gasteiger partial charge in [-0.05, 0) is 22.3 Å². The maximum absolute atomic E-state index is 7.11. The lowest BCUT2D eigenvalue weighted by Gasteiger charge is -2.29. The molecule has 0 radical (unpaired) electrons. The Morgan fingerprint density at radius 2 is 0.613 bits per heavy atom. The molecule has 4 rings (SSSR count). The Labute approximate surface area is 199 Å². The van der Waals surface area contributed by atoms with E-state index in [2.05, 4.69) is 97.1 Å². The van der Waals surface area contributed by atoms with Crippen LogP contribution >= 0.6 is 35.0 Å². The molecule has 0 N–H and O–H groups in total. The molecule has 0 aromatic heterocycles. The highest BCUT2D eigenvalue weighted by Crippen LogP contribution is 2.45. The fourth-order valence-electron chi connectivity index (χ4n) is 3.91. The lowest BCUT2D eigenvalue weighted by atomic mass is 9.92. The van der Waals surface area contributed by atoms with Crippen molar-refractivity contribution in [2.24, 2.45) is 0 Å². The van der Waals surface area contributed by atoms with Crippen LogP contribution in [0.1, 0.15) is 34.1 Å². The van der Waals surface area contributed by atoms with Crippen LogP contribution in [0.2, 0.25) is 0 Å². The fourth-order valence-corrected chi connectivity index (χ4v) is 6.51. The van der Waals surface area contributed by atoms with Gasteiger partial charge in [0, 0.05) is 11.8 Å². The Hall–Kier alpha value is -2.19. The fraction of sp³-hybridized carbons (Fsp3) is 0.143. The van der Waals surface area contributed by atoms with E-state index in [1.165, 1.54) is 22.3 Å². The summed E-state index contributed by atoms with van der Waals surface area (Å²) in [4.78, 5) is 0. The van der Waals surface area contributed by atoms with Crippen molar-refractivity contribution >= 4 is 35.0 Å². The molecule has 0 aliphatic carbocycles. The van der Waals surface area contributed by atoms with Crippen molar-refractivity contribution in [1.82, 2.24) is 0 Å². The molecular formula is C28H24Cl2S. The zero-order valence-electron chi connectivity index (χ0n) is 17.0. The Morgan fingerprint density at radius 1 is 0.387 bits per heavy atom. The summed E-state index contributed by atoms with van der Waals surface area (Å²) >= 11 is 15.8. The molecule has 2 atom stereocenters. The quantitative estimate of drug-likeness (QED) is 0.236. The first-order valence-corrected chi connectivity index (χ1v) is 12.2. The van der Waals surface area contributed by atoms with Crippen molar-refractivity contribution in [3.8, 4) is 0 Å². The van der Waals surface area contributed by atoms with E-state index in [1.807, 2.05) is 24.3 Å². The first kappa shape index (κ1) is 22.0. The van der Waals surface area contributed by atoms with Crippen LogP contribution in [0.3, 0.4) is 0 Å². The Balaban J connectivity index is 1.65. The second-order valence-electron chi connectivity index (χ2n) is 7.44. The highest BCUT2D eigenvalue weighted by Gasteiger charge is 2.31. The monoisotopic (exact) mass is 462 g/mol. The van der Waals surface area contributed by atoms with Gasteiger partial charge in [-0.25, -0.2) is 0 Å². The lowest BCUT2D eigenvalue weighted by Crippen LogP contribution is -2.18. The third-order valence-corrected chi connectivity index (χ3v) is 7.60. The van der Waals surface area contributed by atoms with E-state index in [1.54, 1.807) is 11.8 Å². The molecule has 2 unspecified atom stereocenters. The smallest absolute Gasteiger partial charge is 0.0912 e. The first-order valence-electron chi connectivity index (χ1n) is 10.4. The maximum atomic E-state index is 7.11. The second-order valence-corrected chi connectivity index (χ2v) is 10.2. The highest BCUT2D eigenvalue weighted by molar-refractivity contribution is 8.02. The summed E-state index contributed by atoms with van der Waals surface area (Å²) in [6.07, 6.45) is 0. The molecule has 156 valence electrons. The number of alkyl halides is 2. The van der Waals surface area contributed by atoms with Crippen LogP contribution in [0.25, 0.3) is 0 Å². The molecule has 31 heavy (non-hydrogen) atoms. The first-order chi connectivity index (χ1) is 15.2. The minimum Gasteiger partial charge on any atom is -0.121 e. The Bertz CT molecular complexity index is 873. The summed E-state index contributed by atoms with van der Waals surface area (Å²) in [7, 11) is 0. The van der Waals surface area contributed by atoms with Crippen molar-refractivity contribution in [2.75, 3.05) is 0 Å². The molecule has 0 aliphatic heterocycles. The van der Waals surface area contributed by atoms with Gasteiger partial charge < -0.3 is 0 Å². The number of benzene rings is 4.